The average molecular weight is 278 g/mol. The Hall–Kier alpha value is -2.37. The predicted octanol–water partition coefficient (Wildman–Crippen LogP) is 1.32. The fourth-order valence-corrected chi connectivity index (χ4v) is 1.50. The van der Waals surface area contributed by atoms with Gasteiger partial charge in [0.05, 0.1) is 0 Å². The zero-order valence-electron chi connectivity index (χ0n) is 11.7. The smallest absolute Gasteiger partial charge is 0.315 e. The number of amides is 2. The Balaban J connectivity index is 2.76. The second-order valence-corrected chi connectivity index (χ2v) is 4.62. The van der Waals surface area contributed by atoms with Gasteiger partial charge in [0.2, 0.25) is 11.8 Å². The standard InChI is InChI=1S/C14H18N2O4/c1-9(14(19)20)13(18)15-12-6-4-5-11(7-12)8-16(3)10(2)17/h4-7,9H,8H2,1-3H3,(H,15,18)(H,19,20). The minimum Gasteiger partial charge on any atom is -0.481 e. The third-order valence-corrected chi connectivity index (χ3v) is 2.92. The highest BCUT2D eigenvalue weighted by atomic mass is 16.4. The summed E-state index contributed by atoms with van der Waals surface area (Å²) in [6.45, 7) is 3.22. The molecule has 6 heteroatoms. The van der Waals surface area contributed by atoms with Crippen molar-refractivity contribution >= 4 is 23.5 Å². The number of benzene rings is 1. The fraction of sp³-hybridized carbons (Fsp3) is 0.357. The molecule has 108 valence electrons. The van der Waals surface area contributed by atoms with Crippen molar-refractivity contribution in [2.45, 2.75) is 20.4 Å². The lowest BCUT2D eigenvalue weighted by atomic mass is 10.1. The lowest BCUT2D eigenvalue weighted by Crippen LogP contribution is -2.27. The maximum absolute atomic E-state index is 11.6. The highest BCUT2D eigenvalue weighted by Gasteiger charge is 2.20. The molecule has 0 radical (unpaired) electrons. The Labute approximate surface area is 117 Å². The topological polar surface area (TPSA) is 86.7 Å². The molecule has 0 saturated carbocycles. The van der Waals surface area contributed by atoms with E-state index < -0.39 is 17.8 Å². The van der Waals surface area contributed by atoms with E-state index in [1.165, 1.54) is 13.8 Å². The number of carbonyl (C=O) groups is 3. The zero-order valence-corrected chi connectivity index (χ0v) is 11.7. The quantitative estimate of drug-likeness (QED) is 0.795. The Bertz CT molecular complexity index is 528. The lowest BCUT2D eigenvalue weighted by molar-refractivity contribution is -0.144. The van der Waals surface area contributed by atoms with E-state index in [2.05, 4.69) is 5.32 Å². The van der Waals surface area contributed by atoms with Gasteiger partial charge in [0.25, 0.3) is 0 Å². The van der Waals surface area contributed by atoms with E-state index in [1.807, 2.05) is 6.07 Å². The molecular weight excluding hydrogens is 260 g/mol. The molecule has 2 amide bonds. The van der Waals surface area contributed by atoms with Gasteiger partial charge in [-0.25, -0.2) is 0 Å². The highest BCUT2D eigenvalue weighted by molar-refractivity contribution is 6.03. The van der Waals surface area contributed by atoms with Gasteiger partial charge < -0.3 is 15.3 Å². The number of carboxylic acid groups (broad SMARTS) is 1. The Kier molecular flexibility index (Phi) is 5.25. The van der Waals surface area contributed by atoms with Crippen LogP contribution in [0.2, 0.25) is 0 Å². The molecule has 0 fully saturated rings. The fourth-order valence-electron chi connectivity index (χ4n) is 1.50. The highest BCUT2D eigenvalue weighted by Crippen LogP contribution is 2.13. The summed E-state index contributed by atoms with van der Waals surface area (Å²) in [4.78, 5) is 35.1. The van der Waals surface area contributed by atoms with Crippen LogP contribution in [0.15, 0.2) is 24.3 Å². The maximum Gasteiger partial charge on any atom is 0.315 e. The first kappa shape index (κ1) is 15.7. The van der Waals surface area contributed by atoms with Crippen LogP contribution >= 0.6 is 0 Å². The molecule has 1 rings (SSSR count). The number of aliphatic carboxylic acids is 1. The number of carbonyl (C=O) groups excluding carboxylic acids is 2. The molecule has 20 heavy (non-hydrogen) atoms. The Morgan fingerprint density at radius 3 is 2.55 bits per heavy atom. The van der Waals surface area contributed by atoms with Crippen LogP contribution in [0.5, 0.6) is 0 Å². The lowest BCUT2D eigenvalue weighted by Gasteiger charge is -2.15. The molecular formula is C14H18N2O4. The van der Waals surface area contributed by atoms with E-state index in [-0.39, 0.29) is 5.91 Å². The first-order valence-electron chi connectivity index (χ1n) is 6.15. The summed E-state index contributed by atoms with van der Waals surface area (Å²) in [5.41, 5.74) is 1.36. The predicted molar refractivity (Wildman–Crippen MR) is 74.0 cm³/mol. The second-order valence-electron chi connectivity index (χ2n) is 4.62. The number of anilines is 1. The SMILES string of the molecule is CC(=O)N(C)Cc1cccc(NC(=O)C(C)C(=O)O)c1. The number of hydrogen-bond acceptors (Lipinski definition) is 3. The van der Waals surface area contributed by atoms with Crippen molar-refractivity contribution in [2.24, 2.45) is 5.92 Å². The van der Waals surface area contributed by atoms with Crippen LogP contribution < -0.4 is 5.32 Å². The molecule has 2 N–H and O–H groups in total. The summed E-state index contributed by atoms with van der Waals surface area (Å²) >= 11 is 0. The van der Waals surface area contributed by atoms with Crippen molar-refractivity contribution in [3.05, 3.63) is 29.8 Å². The molecule has 1 aromatic rings. The molecule has 0 spiro atoms. The Morgan fingerprint density at radius 1 is 1.35 bits per heavy atom. The van der Waals surface area contributed by atoms with Gasteiger partial charge in [-0.05, 0) is 24.6 Å². The van der Waals surface area contributed by atoms with Crippen LogP contribution in [0.25, 0.3) is 0 Å². The largest absolute Gasteiger partial charge is 0.481 e. The molecule has 1 aromatic carbocycles. The molecule has 0 aliphatic rings. The van der Waals surface area contributed by atoms with E-state index in [0.717, 1.165) is 5.56 Å². The third kappa shape index (κ3) is 4.38. The Morgan fingerprint density at radius 2 is 2.00 bits per heavy atom. The maximum atomic E-state index is 11.6. The minimum atomic E-state index is -1.17. The molecule has 1 unspecified atom stereocenters. The van der Waals surface area contributed by atoms with Gasteiger partial charge in [-0.1, -0.05) is 12.1 Å². The molecule has 1 atom stereocenters. The molecule has 0 aliphatic carbocycles. The summed E-state index contributed by atoms with van der Waals surface area (Å²) in [5, 5.41) is 11.3. The van der Waals surface area contributed by atoms with E-state index in [4.69, 9.17) is 5.11 Å². The van der Waals surface area contributed by atoms with Crippen LogP contribution in [-0.4, -0.2) is 34.8 Å². The molecule has 0 heterocycles. The molecule has 6 nitrogen and oxygen atoms in total. The van der Waals surface area contributed by atoms with Gasteiger partial charge in [0, 0.05) is 26.2 Å². The summed E-state index contributed by atoms with van der Waals surface area (Å²) in [6.07, 6.45) is 0. The van der Waals surface area contributed by atoms with Gasteiger partial charge >= 0.3 is 5.97 Å². The number of rotatable bonds is 5. The first-order valence-corrected chi connectivity index (χ1v) is 6.15. The normalized spacial score (nSPS) is 11.6. The van der Waals surface area contributed by atoms with Crippen LogP contribution in [0.4, 0.5) is 5.69 Å². The first-order chi connectivity index (χ1) is 9.31. The van der Waals surface area contributed by atoms with Crippen molar-refractivity contribution in [3.8, 4) is 0 Å². The van der Waals surface area contributed by atoms with Crippen LogP contribution in [0, 0.1) is 5.92 Å². The molecule has 0 saturated heterocycles. The van der Waals surface area contributed by atoms with Crippen molar-refractivity contribution in [2.75, 3.05) is 12.4 Å². The van der Waals surface area contributed by atoms with Gasteiger partial charge in [0.15, 0.2) is 0 Å². The van der Waals surface area contributed by atoms with E-state index >= 15 is 0 Å². The molecule has 0 bridgehead atoms. The zero-order chi connectivity index (χ0) is 15.3. The van der Waals surface area contributed by atoms with Crippen LogP contribution in [-0.2, 0) is 20.9 Å². The number of hydrogen-bond donors (Lipinski definition) is 2. The number of carboxylic acids is 1. The van der Waals surface area contributed by atoms with Crippen molar-refractivity contribution in [3.63, 3.8) is 0 Å². The van der Waals surface area contributed by atoms with Crippen molar-refractivity contribution in [1.29, 1.82) is 0 Å². The van der Waals surface area contributed by atoms with E-state index in [0.29, 0.717) is 12.2 Å². The van der Waals surface area contributed by atoms with E-state index in [1.54, 1.807) is 30.1 Å². The number of nitrogens with one attached hydrogen (secondary N) is 1. The van der Waals surface area contributed by atoms with Gasteiger partial charge in [0.1, 0.15) is 5.92 Å². The monoisotopic (exact) mass is 278 g/mol. The van der Waals surface area contributed by atoms with Crippen molar-refractivity contribution < 1.29 is 19.5 Å². The van der Waals surface area contributed by atoms with Gasteiger partial charge in [-0.3, -0.25) is 14.4 Å². The summed E-state index contributed by atoms with van der Waals surface area (Å²) in [5.74, 6) is -2.91. The van der Waals surface area contributed by atoms with Gasteiger partial charge in [-0.15, -0.1) is 0 Å². The second kappa shape index (κ2) is 6.70. The molecule has 0 aromatic heterocycles. The van der Waals surface area contributed by atoms with Crippen LogP contribution in [0.1, 0.15) is 19.4 Å². The third-order valence-electron chi connectivity index (χ3n) is 2.92. The number of nitrogens with zero attached hydrogens (tertiary/aromatic N) is 1. The summed E-state index contributed by atoms with van der Waals surface area (Å²) in [7, 11) is 1.68. The van der Waals surface area contributed by atoms with Crippen LogP contribution in [0.3, 0.4) is 0 Å². The molecule has 0 aliphatic heterocycles. The van der Waals surface area contributed by atoms with Crippen molar-refractivity contribution in [1.82, 2.24) is 4.90 Å². The summed E-state index contributed by atoms with van der Waals surface area (Å²) in [6, 6.07) is 6.95. The van der Waals surface area contributed by atoms with E-state index in [9.17, 15) is 14.4 Å². The minimum absolute atomic E-state index is 0.0565. The summed E-state index contributed by atoms with van der Waals surface area (Å²) < 4.78 is 0. The average Bonchev–Trinajstić information content (AvgIpc) is 2.37. The van der Waals surface area contributed by atoms with Gasteiger partial charge in [-0.2, -0.15) is 0 Å².